The zero-order valence-electron chi connectivity index (χ0n) is 17.0. The van der Waals surface area contributed by atoms with Crippen molar-refractivity contribution in [3.05, 3.63) is 46.7 Å². The van der Waals surface area contributed by atoms with Crippen molar-refractivity contribution >= 4 is 28.8 Å². The van der Waals surface area contributed by atoms with Gasteiger partial charge < -0.3 is 14.5 Å². The number of amides is 2. The Morgan fingerprint density at radius 1 is 1.10 bits per heavy atom. The third-order valence-corrected chi connectivity index (χ3v) is 7.02. The number of nitrogens with zero attached hydrogens (tertiary/aromatic N) is 2. The number of hydrogen-bond acceptors (Lipinski definition) is 4. The number of benzene rings is 1. The van der Waals surface area contributed by atoms with Crippen LogP contribution in [-0.2, 0) is 4.79 Å². The van der Waals surface area contributed by atoms with Crippen LogP contribution in [0.3, 0.4) is 0 Å². The van der Waals surface area contributed by atoms with Crippen LogP contribution in [0.4, 0.5) is 5.69 Å². The van der Waals surface area contributed by atoms with E-state index in [0.29, 0.717) is 19.0 Å². The molecule has 1 saturated heterocycles. The molecule has 5 nitrogen and oxygen atoms in total. The zero-order chi connectivity index (χ0) is 20.4. The zero-order valence-corrected chi connectivity index (χ0v) is 17.9. The second kappa shape index (κ2) is 8.57. The maximum Gasteiger partial charge on any atom is 0.263 e. The minimum atomic E-state index is -0.0364. The lowest BCUT2D eigenvalue weighted by Gasteiger charge is -2.36. The first-order valence-corrected chi connectivity index (χ1v) is 11.3. The van der Waals surface area contributed by atoms with Crippen LogP contribution in [0.2, 0.25) is 0 Å². The molecule has 0 spiro atoms. The number of piperidine rings is 1. The Bertz CT molecular complexity index is 838. The highest BCUT2D eigenvalue weighted by Gasteiger charge is 2.38. The van der Waals surface area contributed by atoms with E-state index in [2.05, 4.69) is 6.92 Å². The average Bonchev–Trinajstić information content (AvgIpc) is 3.48. The molecule has 2 heterocycles. The molecule has 1 aliphatic heterocycles. The number of ether oxygens (including phenoxy) is 1. The molecule has 29 heavy (non-hydrogen) atoms. The summed E-state index contributed by atoms with van der Waals surface area (Å²) in [6, 6.07) is 11.7. The predicted molar refractivity (Wildman–Crippen MR) is 116 cm³/mol. The number of methoxy groups -OCH3 is 1. The number of rotatable bonds is 6. The van der Waals surface area contributed by atoms with Gasteiger partial charge in [0.25, 0.3) is 5.91 Å². The lowest BCUT2D eigenvalue weighted by molar-refractivity contribution is -0.124. The van der Waals surface area contributed by atoms with Crippen LogP contribution in [0, 0.1) is 11.8 Å². The van der Waals surface area contributed by atoms with E-state index in [9.17, 15) is 9.59 Å². The fraction of sp³-hybridized carbons (Fsp3) is 0.478. The van der Waals surface area contributed by atoms with E-state index in [1.807, 2.05) is 51.6 Å². The molecule has 0 bridgehead atoms. The molecule has 2 aromatic rings. The Kier molecular flexibility index (Phi) is 5.90. The van der Waals surface area contributed by atoms with Crippen LogP contribution in [0.1, 0.15) is 42.3 Å². The van der Waals surface area contributed by atoms with Crippen molar-refractivity contribution in [2.75, 3.05) is 25.1 Å². The third-order valence-electron chi connectivity index (χ3n) is 6.16. The maximum absolute atomic E-state index is 13.5. The van der Waals surface area contributed by atoms with E-state index < -0.39 is 0 Å². The second-order valence-corrected chi connectivity index (χ2v) is 8.98. The molecule has 1 unspecified atom stereocenters. The van der Waals surface area contributed by atoms with Gasteiger partial charge in [0.05, 0.1) is 12.0 Å². The van der Waals surface area contributed by atoms with Gasteiger partial charge in [0.1, 0.15) is 5.75 Å². The lowest BCUT2D eigenvalue weighted by Crippen LogP contribution is -2.47. The number of hydrogen-bond donors (Lipinski definition) is 0. The Hall–Kier alpha value is -2.34. The summed E-state index contributed by atoms with van der Waals surface area (Å²) in [5.74, 6) is 1.62. The molecule has 2 aliphatic rings. The van der Waals surface area contributed by atoms with E-state index in [0.717, 1.165) is 29.2 Å². The minimum absolute atomic E-state index is 0.0364. The fourth-order valence-corrected chi connectivity index (χ4v) is 4.87. The molecule has 1 aromatic carbocycles. The molecule has 1 aliphatic carbocycles. The lowest BCUT2D eigenvalue weighted by atomic mass is 9.93. The minimum Gasteiger partial charge on any atom is -0.497 e. The Balaban J connectivity index is 1.45. The molecular formula is C23H28N2O3S. The number of carbonyl (C=O) groups is 2. The fourth-order valence-electron chi connectivity index (χ4n) is 4.18. The van der Waals surface area contributed by atoms with Gasteiger partial charge >= 0.3 is 0 Å². The van der Waals surface area contributed by atoms with Gasteiger partial charge in [-0.1, -0.05) is 6.07 Å². The number of thiophene rings is 1. The van der Waals surface area contributed by atoms with Gasteiger partial charge in [-0.15, -0.1) is 11.3 Å². The third kappa shape index (κ3) is 4.32. The van der Waals surface area contributed by atoms with E-state index in [4.69, 9.17) is 4.74 Å². The van der Waals surface area contributed by atoms with Crippen molar-refractivity contribution in [2.24, 2.45) is 11.8 Å². The maximum atomic E-state index is 13.5. The van der Waals surface area contributed by atoms with Crippen molar-refractivity contribution in [3.8, 4) is 5.75 Å². The smallest absolute Gasteiger partial charge is 0.263 e. The highest BCUT2D eigenvalue weighted by atomic mass is 32.1. The number of likely N-dealkylation sites (tertiary alicyclic amines) is 1. The van der Waals surface area contributed by atoms with Crippen LogP contribution in [0.25, 0.3) is 0 Å². The van der Waals surface area contributed by atoms with Crippen molar-refractivity contribution in [1.82, 2.24) is 4.90 Å². The average molecular weight is 413 g/mol. The first-order chi connectivity index (χ1) is 14.1. The Morgan fingerprint density at radius 3 is 2.34 bits per heavy atom. The van der Waals surface area contributed by atoms with Gasteiger partial charge in [-0.25, -0.2) is 0 Å². The van der Waals surface area contributed by atoms with Gasteiger partial charge in [0.2, 0.25) is 5.91 Å². The summed E-state index contributed by atoms with van der Waals surface area (Å²) in [7, 11) is 1.65. The molecule has 0 N–H and O–H groups in total. The molecule has 154 valence electrons. The SMILES string of the molecule is COc1ccc(N(C(=O)C2CCN(C(=O)c3cccs3)CC2)C(C)C2CC2)cc1. The summed E-state index contributed by atoms with van der Waals surface area (Å²) >= 11 is 1.47. The van der Waals surface area contributed by atoms with Crippen LogP contribution in [0.5, 0.6) is 5.75 Å². The van der Waals surface area contributed by atoms with Crippen molar-refractivity contribution in [3.63, 3.8) is 0 Å². The van der Waals surface area contributed by atoms with Gasteiger partial charge in [-0.2, -0.15) is 0 Å². The van der Waals surface area contributed by atoms with Gasteiger partial charge in [-0.05, 0) is 74.2 Å². The quantitative estimate of drug-likeness (QED) is 0.705. The standard InChI is InChI=1S/C23H28N2O3S/c1-16(17-5-6-17)25(19-7-9-20(28-2)10-8-19)22(26)18-11-13-24(14-12-18)23(27)21-4-3-15-29-21/h3-4,7-10,15-18H,5-6,11-14H2,1-2H3. The molecule has 1 aromatic heterocycles. The van der Waals surface area contributed by atoms with E-state index in [-0.39, 0.29) is 23.8 Å². The molecule has 0 radical (unpaired) electrons. The molecule has 1 atom stereocenters. The summed E-state index contributed by atoms with van der Waals surface area (Å²) in [5.41, 5.74) is 0.937. The molecular weight excluding hydrogens is 384 g/mol. The molecule has 2 fully saturated rings. The Labute approximate surface area is 176 Å². The van der Waals surface area contributed by atoms with Crippen molar-refractivity contribution in [1.29, 1.82) is 0 Å². The number of anilines is 1. The highest BCUT2D eigenvalue weighted by Crippen LogP contribution is 2.38. The summed E-state index contributed by atoms with van der Waals surface area (Å²) in [6.07, 6.45) is 3.82. The molecule has 6 heteroatoms. The van der Waals surface area contributed by atoms with Crippen LogP contribution < -0.4 is 9.64 Å². The molecule has 1 saturated carbocycles. The van der Waals surface area contributed by atoms with Crippen molar-refractivity contribution < 1.29 is 14.3 Å². The highest BCUT2D eigenvalue weighted by molar-refractivity contribution is 7.12. The van der Waals surface area contributed by atoms with Crippen LogP contribution in [0.15, 0.2) is 41.8 Å². The Morgan fingerprint density at radius 2 is 1.79 bits per heavy atom. The summed E-state index contributed by atoms with van der Waals surface area (Å²) in [5, 5.41) is 1.93. The first-order valence-electron chi connectivity index (χ1n) is 10.4. The normalized spacial score (nSPS) is 18.3. The first kappa shape index (κ1) is 20.0. The second-order valence-electron chi connectivity index (χ2n) is 8.03. The largest absolute Gasteiger partial charge is 0.497 e. The number of carbonyl (C=O) groups excluding carboxylic acids is 2. The van der Waals surface area contributed by atoms with Crippen LogP contribution >= 0.6 is 11.3 Å². The van der Waals surface area contributed by atoms with Gasteiger partial charge in [-0.3, -0.25) is 9.59 Å². The van der Waals surface area contributed by atoms with Gasteiger partial charge in [0, 0.05) is 30.7 Å². The van der Waals surface area contributed by atoms with E-state index in [1.54, 1.807) is 7.11 Å². The predicted octanol–water partition coefficient (Wildman–Crippen LogP) is 4.44. The van der Waals surface area contributed by atoms with Gasteiger partial charge in [0.15, 0.2) is 0 Å². The topological polar surface area (TPSA) is 49.9 Å². The summed E-state index contributed by atoms with van der Waals surface area (Å²) < 4.78 is 5.27. The molecule has 4 rings (SSSR count). The van der Waals surface area contributed by atoms with Crippen LogP contribution in [-0.4, -0.2) is 43.0 Å². The van der Waals surface area contributed by atoms with Crippen molar-refractivity contribution in [2.45, 2.75) is 38.6 Å². The summed E-state index contributed by atoms with van der Waals surface area (Å²) in [4.78, 5) is 30.8. The monoisotopic (exact) mass is 412 g/mol. The molecule has 2 amide bonds. The summed E-state index contributed by atoms with van der Waals surface area (Å²) in [6.45, 7) is 3.44. The van der Waals surface area contributed by atoms with E-state index >= 15 is 0 Å². The van der Waals surface area contributed by atoms with E-state index in [1.165, 1.54) is 24.2 Å².